The molecule has 1 aromatic carbocycles. The van der Waals surface area contributed by atoms with Crippen molar-refractivity contribution in [1.82, 2.24) is 24.6 Å². The van der Waals surface area contributed by atoms with E-state index >= 15 is 0 Å². The number of nitrogens with one attached hydrogen (secondary N) is 1. The molecule has 0 spiro atoms. The highest BCUT2D eigenvalue weighted by Gasteiger charge is 2.26. The summed E-state index contributed by atoms with van der Waals surface area (Å²) in [6.07, 6.45) is 4.57. The Labute approximate surface area is 152 Å². The van der Waals surface area contributed by atoms with Gasteiger partial charge < -0.3 is 9.47 Å². The van der Waals surface area contributed by atoms with Crippen LogP contribution in [0.3, 0.4) is 0 Å². The Morgan fingerprint density at radius 2 is 2.12 bits per heavy atom. The Morgan fingerprint density at radius 3 is 2.88 bits per heavy atom. The van der Waals surface area contributed by atoms with Gasteiger partial charge in [-0.1, -0.05) is 37.3 Å². The molecule has 0 aliphatic carbocycles. The first kappa shape index (κ1) is 16.6. The molecular weight excluding hydrogens is 326 g/mol. The van der Waals surface area contributed by atoms with Crippen molar-refractivity contribution in [2.75, 3.05) is 6.54 Å². The predicted octanol–water partition coefficient (Wildman–Crippen LogP) is 2.61. The van der Waals surface area contributed by atoms with E-state index < -0.39 is 0 Å². The van der Waals surface area contributed by atoms with Crippen LogP contribution >= 0.6 is 0 Å². The normalized spacial score (nSPS) is 13.7. The second kappa shape index (κ2) is 7.15. The smallest absolute Gasteiger partial charge is 0.274 e. The highest BCUT2D eigenvalue weighted by atomic mass is 16.2. The van der Waals surface area contributed by atoms with Crippen LogP contribution in [0.15, 0.2) is 42.7 Å². The number of nitrogens with zero attached hydrogens (tertiary/aromatic N) is 4. The molecule has 0 saturated carbocycles. The Kier molecular flexibility index (Phi) is 4.56. The lowest BCUT2D eigenvalue weighted by molar-refractivity contribution is 0.0725. The van der Waals surface area contributed by atoms with Gasteiger partial charge in [0.15, 0.2) is 0 Å². The number of rotatable bonds is 5. The molecule has 1 aliphatic heterocycles. The van der Waals surface area contributed by atoms with Crippen LogP contribution in [-0.2, 0) is 32.4 Å². The van der Waals surface area contributed by atoms with Crippen LogP contribution in [0.25, 0.3) is 0 Å². The van der Waals surface area contributed by atoms with E-state index in [-0.39, 0.29) is 5.91 Å². The number of carbonyl (C=O) groups excluding carboxylic acids is 1. The average molecular weight is 349 g/mol. The topological polar surface area (TPSA) is 66.8 Å². The van der Waals surface area contributed by atoms with E-state index in [1.54, 1.807) is 0 Å². The largest absolute Gasteiger partial charge is 0.334 e. The van der Waals surface area contributed by atoms with Gasteiger partial charge in [-0.2, -0.15) is 5.10 Å². The van der Waals surface area contributed by atoms with Gasteiger partial charge in [-0.3, -0.25) is 9.89 Å². The zero-order chi connectivity index (χ0) is 17.9. The van der Waals surface area contributed by atoms with Crippen LogP contribution in [0.4, 0.5) is 0 Å². The molecule has 26 heavy (non-hydrogen) atoms. The summed E-state index contributed by atoms with van der Waals surface area (Å²) in [4.78, 5) is 19.1. The van der Waals surface area contributed by atoms with Gasteiger partial charge in [-0.15, -0.1) is 0 Å². The quantitative estimate of drug-likeness (QED) is 0.770. The van der Waals surface area contributed by atoms with E-state index in [0.717, 1.165) is 37.2 Å². The molecule has 4 rings (SSSR count). The molecule has 0 atom stereocenters. The number of amides is 1. The van der Waals surface area contributed by atoms with Crippen LogP contribution in [0.2, 0.25) is 0 Å². The Hall–Kier alpha value is -2.89. The number of hydrogen-bond donors (Lipinski definition) is 1. The lowest BCUT2D eigenvalue weighted by Gasteiger charge is -2.26. The van der Waals surface area contributed by atoms with Crippen LogP contribution < -0.4 is 0 Å². The Bertz CT molecular complexity index is 896. The van der Waals surface area contributed by atoms with Gasteiger partial charge in [0.25, 0.3) is 5.91 Å². The number of imidazole rings is 1. The Balaban J connectivity index is 1.43. The first-order valence-electron chi connectivity index (χ1n) is 9.15. The fourth-order valence-electron chi connectivity index (χ4n) is 3.44. The maximum absolute atomic E-state index is 12.7. The fourth-order valence-corrected chi connectivity index (χ4v) is 3.44. The summed E-state index contributed by atoms with van der Waals surface area (Å²) >= 11 is 0. The number of aromatic amines is 1. The van der Waals surface area contributed by atoms with E-state index in [4.69, 9.17) is 0 Å². The molecule has 0 fully saturated rings. The van der Waals surface area contributed by atoms with Gasteiger partial charge in [-0.25, -0.2) is 4.98 Å². The molecule has 3 heterocycles. The van der Waals surface area contributed by atoms with Crippen LogP contribution in [0.1, 0.15) is 40.1 Å². The van der Waals surface area contributed by atoms with Crippen molar-refractivity contribution >= 4 is 5.91 Å². The number of benzene rings is 1. The van der Waals surface area contributed by atoms with Gasteiger partial charge in [0.05, 0.1) is 18.6 Å². The van der Waals surface area contributed by atoms with E-state index in [1.807, 2.05) is 30.3 Å². The summed E-state index contributed by atoms with van der Waals surface area (Å²) in [7, 11) is 0. The van der Waals surface area contributed by atoms with E-state index in [9.17, 15) is 4.79 Å². The molecule has 6 nitrogen and oxygen atoms in total. The lowest BCUT2D eigenvalue weighted by Crippen LogP contribution is -2.36. The summed E-state index contributed by atoms with van der Waals surface area (Å²) in [5.41, 5.74) is 5.06. The van der Waals surface area contributed by atoms with Gasteiger partial charge in [0.1, 0.15) is 5.69 Å². The number of carbonyl (C=O) groups is 1. The first-order valence-corrected chi connectivity index (χ1v) is 9.15. The monoisotopic (exact) mass is 349 g/mol. The average Bonchev–Trinajstić information content (AvgIpc) is 3.33. The maximum Gasteiger partial charge on any atom is 0.274 e. The highest BCUT2D eigenvalue weighted by Crippen LogP contribution is 2.20. The molecule has 0 bridgehead atoms. The molecule has 6 heteroatoms. The van der Waals surface area contributed by atoms with Crippen LogP contribution in [-0.4, -0.2) is 37.1 Å². The second-order valence-corrected chi connectivity index (χ2v) is 6.68. The minimum atomic E-state index is -0.0227. The summed E-state index contributed by atoms with van der Waals surface area (Å²) in [5, 5.41) is 7.06. The summed E-state index contributed by atoms with van der Waals surface area (Å²) in [6, 6.07) is 12.3. The molecule has 3 aromatic rings. The molecular formula is C20H23N5O. The summed E-state index contributed by atoms with van der Waals surface area (Å²) < 4.78 is 2.23. The van der Waals surface area contributed by atoms with Crippen LogP contribution in [0.5, 0.6) is 0 Å². The standard InChI is InChI=1S/C20H23N5O/c1-2-16-12-17(23-22-16)20(26)24-11-9-19-18(13-24)21-14-25(19)10-8-15-6-4-3-5-7-15/h3-7,12,14H,2,8-11,13H2,1H3,(H,22,23). The molecule has 2 aromatic heterocycles. The van der Waals surface area contributed by atoms with Crippen molar-refractivity contribution in [1.29, 1.82) is 0 Å². The van der Waals surface area contributed by atoms with Gasteiger partial charge >= 0.3 is 0 Å². The van der Waals surface area contributed by atoms with E-state index in [1.165, 1.54) is 11.3 Å². The van der Waals surface area contributed by atoms with Crippen molar-refractivity contribution in [3.8, 4) is 0 Å². The van der Waals surface area contributed by atoms with Crippen molar-refractivity contribution in [3.63, 3.8) is 0 Å². The van der Waals surface area contributed by atoms with Crippen molar-refractivity contribution in [3.05, 3.63) is 71.1 Å². The summed E-state index contributed by atoms with van der Waals surface area (Å²) in [5.74, 6) is -0.0227. The van der Waals surface area contributed by atoms with E-state index in [0.29, 0.717) is 18.8 Å². The summed E-state index contributed by atoms with van der Waals surface area (Å²) in [6.45, 7) is 4.22. The number of aryl methyl sites for hydroxylation is 3. The molecule has 0 radical (unpaired) electrons. The van der Waals surface area contributed by atoms with Crippen molar-refractivity contribution in [2.45, 2.75) is 39.3 Å². The fraction of sp³-hybridized carbons (Fsp3) is 0.350. The third-order valence-corrected chi connectivity index (χ3v) is 4.99. The molecule has 0 unspecified atom stereocenters. The highest BCUT2D eigenvalue weighted by molar-refractivity contribution is 5.92. The van der Waals surface area contributed by atoms with Gasteiger partial charge in [-0.05, 0) is 24.5 Å². The minimum absolute atomic E-state index is 0.0227. The number of H-pyrrole nitrogens is 1. The maximum atomic E-state index is 12.7. The number of fused-ring (bicyclic) bond motifs is 1. The first-order chi connectivity index (χ1) is 12.7. The number of aromatic nitrogens is 4. The third-order valence-electron chi connectivity index (χ3n) is 4.99. The van der Waals surface area contributed by atoms with Crippen molar-refractivity contribution in [2.24, 2.45) is 0 Å². The minimum Gasteiger partial charge on any atom is -0.334 e. The molecule has 1 aliphatic rings. The SMILES string of the molecule is CCc1cc(C(=O)N2CCc3c(ncn3CCc3ccccc3)C2)n[nH]1. The molecule has 0 saturated heterocycles. The molecule has 1 N–H and O–H groups in total. The van der Waals surface area contributed by atoms with Gasteiger partial charge in [0, 0.05) is 30.9 Å². The zero-order valence-electron chi connectivity index (χ0n) is 15.0. The second-order valence-electron chi connectivity index (χ2n) is 6.68. The van der Waals surface area contributed by atoms with E-state index in [2.05, 4.69) is 44.0 Å². The lowest BCUT2D eigenvalue weighted by atomic mass is 10.1. The molecule has 1 amide bonds. The van der Waals surface area contributed by atoms with Gasteiger partial charge in [0.2, 0.25) is 0 Å². The molecule has 134 valence electrons. The zero-order valence-corrected chi connectivity index (χ0v) is 15.0. The van der Waals surface area contributed by atoms with Crippen LogP contribution in [0, 0.1) is 0 Å². The predicted molar refractivity (Wildman–Crippen MR) is 98.8 cm³/mol. The van der Waals surface area contributed by atoms with Crippen molar-refractivity contribution < 1.29 is 4.79 Å². The Morgan fingerprint density at radius 1 is 1.27 bits per heavy atom. The number of hydrogen-bond acceptors (Lipinski definition) is 3. The third kappa shape index (κ3) is 3.27.